The molecule has 0 saturated carbocycles. The summed E-state index contributed by atoms with van der Waals surface area (Å²) in [6.45, 7) is 0.683. The Balaban J connectivity index is 1.57. The third-order valence-electron chi connectivity index (χ3n) is 5.39. The molecule has 37 heavy (non-hydrogen) atoms. The lowest BCUT2D eigenvalue weighted by Crippen LogP contribution is -2.33. The Labute approximate surface area is 232 Å². The summed E-state index contributed by atoms with van der Waals surface area (Å²) in [6.07, 6.45) is 0.531. The van der Waals surface area contributed by atoms with Crippen molar-refractivity contribution in [2.75, 3.05) is 30.9 Å². The van der Waals surface area contributed by atoms with E-state index < -0.39 is 5.91 Å². The predicted octanol–water partition coefficient (Wildman–Crippen LogP) is 6.18. The topological polar surface area (TPSA) is 87.7 Å². The summed E-state index contributed by atoms with van der Waals surface area (Å²) in [4.78, 5) is 41.4. The molecule has 1 heterocycles. The number of methoxy groups -OCH3 is 1. The van der Waals surface area contributed by atoms with Gasteiger partial charge in [-0.15, -0.1) is 0 Å². The van der Waals surface area contributed by atoms with Gasteiger partial charge in [-0.1, -0.05) is 45.4 Å². The number of amides is 3. The highest BCUT2D eigenvalue weighted by atomic mass is 79.9. The van der Waals surface area contributed by atoms with Gasteiger partial charge in [-0.25, -0.2) is 0 Å². The van der Waals surface area contributed by atoms with Gasteiger partial charge < -0.3 is 15.4 Å². The third-order valence-corrected chi connectivity index (χ3v) is 7.24. The zero-order chi connectivity index (χ0) is 26.4. The highest BCUT2D eigenvalue weighted by molar-refractivity contribution is 9.10. The van der Waals surface area contributed by atoms with Crippen LogP contribution >= 0.6 is 39.3 Å². The van der Waals surface area contributed by atoms with E-state index in [4.69, 9.17) is 16.3 Å². The van der Waals surface area contributed by atoms with Crippen molar-refractivity contribution in [3.63, 3.8) is 0 Å². The van der Waals surface area contributed by atoms with Crippen LogP contribution in [0.25, 0.3) is 0 Å². The summed E-state index contributed by atoms with van der Waals surface area (Å²) in [5, 5.41) is 6.53. The Morgan fingerprint density at radius 3 is 2.43 bits per heavy atom. The van der Waals surface area contributed by atoms with Crippen molar-refractivity contribution in [1.29, 1.82) is 0 Å². The molecule has 3 aromatic carbocycles. The summed E-state index contributed by atoms with van der Waals surface area (Å²) in [5.74, 6) is -1.05. The normalized spacial score (nSPS) is 13.3. The van der Waals surface area contributed by atoms with Crippen LogP contribution in [0.4, 0.5) is 11.4 Å². The number of rotatable bonds is 10. The van der Waals surface area contributed by atoms with Crippen molar-refractivity contribution in [2.24, 2.45) is 0 Å². The number of halogens is 2. The lowest BCUT2D eigenvalue weighted by molar-refractivity contribution is -0.137. The summed E-state index contributed by atoms with van der Waals surface area (Å²) >= 11 is 10.5. The molecular weight excluding hydrogens is 578 g/mol. The van der Waals surface area contributed by atoms with E-state index in [0.717, 1.165) is 4.47 Å². The molecule has 0 atom stereocenters. The van der Waals surface area contributed by atoms with E-state index >= 15 is 0 Å². The van der Waals surface area contributed by atoms with Crippen LogP contribution in [0.15, 0.2) is 92.8 Å². The smallest absolute Gasteiger partial charge is 0.278 e. The summed E-state index contributed by atoms with van der Waals surface area (Å²) in [6, 6.07) is 21.0. The molecule has 0 aromatic heterocycles. The van der Waals surface area contributed by atoms with Gasteiger partial charge in [0.05, 0.1) is 0 Å². The molecule has 7 nitrogen and oxygen atoms in total. The lowest BCUT2D eigenvalue weighted by Gasteiger charge is -2.14. The maximum Gasteiger partial charge on any atom is 0.278 e. The molecule has 0 aliphatic carbocycles. The molecular formula is C27H23BrClN3O4S. The predicted molar refractivity (Wildman–Crippen MR) is 150 cm³/mol. The second-order valence-corrected chi connectivity index (χ2v) is 10.5. The highest BCUT2D eigenvalue weighted by Gasteiger charge is 2.38. The maximum absolute atomic E-state index is 13.3. The molecule has 1 aliphatic heterocycles. The summed E-state index contributed by atoms with van der Waals surface area (Å²) < 4.78 is 5.98. The average Bonchev–Trinajstić information content (AvgIpc) is 3.10. The number of nitrogens with one attached hydrogen (secondary N) is 2. The minimum absolute atomic E-state index is 0.213. The van der Waals surface area contributed by atoms with Crippen LogP contribution in [-0.4, -0.2) is 42.9 Å². The van der Waals surface area contributed by atoms with E-state index in [2.05, 4.69) is 26.6 Å². The van der Waals surface area contributed by atoms with E-state index in [0.29, 0.717) is 39.9 Å². The number of nitrogens with zero attached hydrogens (tertiary/aromatic N) is 1. The molecule has 2 N–H and O–H groups in total. The van der Waals surface area contributed by atoms with Gasteiger partial charge in [0.2, 0.25) is 0 Å². The average molecular weight is 601 g/mol. The fraction of sp³-hybridized carbons (Fsp3) is 0.148. The Morgan fingerprint density at radius 2 is 1.73 bits per heavy atom. The largest absolute Gasteiger partial charge is 0.385 e. The van der Waals surface area contributed by atoms with Crippen molar-refractivity contribution < 1.29 is 19.1 Å². The number of thioether (sulfide) groups is 1. The zero-order valence-corrected chi connectivity index (χ0v) is 23.0. The Morgan fingerprint density at radius 1 is 1.00 bits per heavy atom. The summed E-state index contributed by atoms with van der Waals surface area (Å²) in [7, 11) is 1.58. The molecule has 0 radical (unpaired) electrons. The van der Waals surface area contributed by atoms with Gasteiger partial charge in [0.1, 0.15) is 10.6 Å². The third kappa shape index (κ3) is 6.81. The molecule has 0 unspecified atom stereocenters. The second-order valence-electron chi connectivity index (χ2n) is 8.04. The highest BCUT2D eigenvalue weighted by Crippen LogP contribution is 2.37. The fourth-order valence-corrected chi connectivity index (χ4v) is 4.96. The van der Waals surface area contributed by atoms with Crippen LogP contribution < -0.4 is 10.6 Å². The maximum atomic E-state index is 13.3. The van der Waals surface area contributed by atoms with Crippen LogP contribution in [0, 0.1) is 0 Å². The van der Waals surface area contributed by atoms with E-state index in [9.17, 15) is 14.4 Å². The first-order chi connectivity index (χ1) is 17.9. The van der Waals surface area contributed by atoms with Gasteiger partial charge in [0.15, 0.2) is 0 Å². The molecule has 0 fully saturated rings. The standard InChI is InChI=1S/C27H23BrClN3O4S/c1-36-15-3-14-32-26(34)23(30-20-12-8-18(28)9-13-20)24(27(32)35)37-22-5-2-4-21(16-22)31-25(33)17-6-10-19(29)11-7-17/h2,4-13,16,30H,3,14-15H2,1H3,(H,31,33). The minimum Gasteiger partial charge on any atom is -0.385 e. The number of carbonyl (C=O) groups excluding carboxylic acids is 3. The SMILES string of the molecule is COCCCN1C(=O)C(Nc2ccc(Br)cc2)=C(Sc2cccc(NC(=O)c3ccc(Cl)cc3)c2)C1=O. The number of hydrogen-bond acceptors (Lipinski definition) is 6. The first kappa shape index (κ1) is 26.9. The van der Waals surface area contributed by atoms with Crippen LogP contribution in [0.3, 0.4) is 0 Å². The van der Waals surface area contributed by atoms with Crippen LogP contribution in [0.1, 0.15) is 16.8 Å². The van der Waals surface area contributed by atoms with Gasteiger partial charge in [-0.3, -0.25) is 19.3 Å². The molecule has 10 heteroatoms. The van der Waals surface area contributed by atoms with Gasteiger partial charge >= 0.3 is 0 Å². The summed E-state index contributed by atoms with van der Waals surface area (Å²) in [5.41, 5.74) is 1.92. The number of anilines is 2. The zero-order valence-electron chi connectivity index (χ0n) is 19.8. The van der Waals surface area contributed by atoms with E-state index in [-0.39, 0.29) is 29.0 Å². The van der Waals surface area contributed by atoms with Gasteiger partial charge in [0, 0.05) is 51.6 Å². The van der Waals surface area contributed by atoms with Gasteiger partial charge in [-0.2, -0.15) is 0 Å². The van der Waals surface area contributed by atoms with Crippen molar-refractivity contribution in [2.45, 2.75) is 11.3 Å². The fourth-order valence-electron chi connectivity index (χ4n) is 3.57. The van der Waals surface area contributed by atoms with Crippen LogP contribution in [-0.2, 0) is 14.3 Å². The van der Waals surface area contributed by atoms with E-state index in [1.54, 1.807) is 49.6 Å². The van der Waals surface area contributed by atoms with E-state index in [1.807, 2.05) is 30.3 Å². The van der Waals surface area contributed by atoms with E-state index in [1.165, 1.54) is 16.7 Å². The first-order valence-electron chi connectivity index (χ1n) is 11.3. The van der Waals surface area contributed by atoms with Gasteiger partial charge in [-0.05, 0) is 73.2 Å². The van der Waals surface area contributed by atoms with Crippen LogP contribution in [0.2, 0.25) is 5.02 Å². The molecule has 4 rings (SSSR count). The monoisotopic (exact) mass is 599 g/mol. The number of ether oxygens (including phenoxy) is 1. The molecule has 0 saturated heterocycles. The van der Waals surface area contributed by atoms with Gasteiger partial charge in [0.25, 0.3) is 17.7 Å². The van der Waals surface area contributed by atoms with Crippen LogP contribution in [0.5, 0.6) is 0 Å². The van der Waals surface area contributed by atoms with Crippen molar-refractivity contribution in [3.05, 3.63) is 98.5 Å². The van der Waals surface area contributed by atoms with Crippen molar-refractivity contribution in [1.82, 2.24) is 4.90 Å². The molecule has 190 valence electrons. The second kappa shape index (κ2) is 12.4. The minimum atomic E-state index is -0.390. The lowest BCUT2D eigenvalue weighted by atomic mass is 10.2. The number of hydrogen-bond donors (Lipinski definition) is 2. The number of imide groups is 1. The molecule has 0 spiro atoms. The Hall–Kier alpha value is -3.11. The number of benzene rings is 3. The Bertz CT molecular complexity index is 1350. The molecule has 3 aromatic rings. The molecule has 3 amide bonds. The quantitative estimate of drug-likeness (QED) is 0.214. The van der Waals surface area contributed by atoms with Crippen molar-refractivity contribution in [3.8, 4) is 0 Å². The first-order valence-corrected chi connectivity index (χ1v) is 13.3. The van der Waals surface area contributed by atoms with Crippen molar-refractivity contribution >= 4 is 68.4 Å². The molecule has 0 bridgehead atoms. The number of carbonyl (C=O) groups is 3. The molecule has 1 aliphatic rings. The Kier molecular flexibility index (Phi) is 9.04.